The Balaban J connectivity index is 1.85. The molecular weight excluding hydrogens is 355 g/mol. The molecule has 0 atom stereocenters. The molecule has 0 bridgehead atoms. The van der Waals surface area contributed by atoms with Crippen molar-refractivity contribution in [2.24, 2.45) is 0 Å². The average molecular weight is 368 g/mol. The summed E-state index contributed by atoms with van der Waals surface area (Å²) in [5.41, 5.74) is 0.548. The van der Waals surface area contributed by atoms with Gasteiger partial charge in [-0.3, -0.25) is 4.79 Å². The summed E-state index contributed by atoms with van der Waals surface area (Å²) < 4.78 is 41.0. The fourth-order valence-electron chi connectivity index (χ4n) is 2.55. The number of imidazole rings is 1. The van der Waals surface area contributed by atoms with E-state index in [0.717, 1.165) is 11.8 Å². The normalized spacial score (nSPS) is 11.7. The molecule has 25 heavy (non-hydrogen) atoms. The van der Waals surface area contributed by atoms with Crippen LogP contribution in [0, 0.1) is 6.92 Å². The van der Waals surface area contributed by atoms with E-state index in [2.05, 4.69) is 10.3 Å². The van der Waals surface area contributed by atoms with Crippen molar-refractivity contribution in [2.45, 2.75) is 19.6 Å². The molecule has 0 aliphatic carbocycles. The lowest BCUT2D eigenvalue weighted by atomic mass is 10.1. The predicted octanol–water partition coefficient (Wildman–Crippen LogP) is 4.24. The molecule has 2 aromatic heterocycles. The summed E-state index contributed by atoms with van der Waals surface area (Å²) in [5, 5.41) is 2.50. The quantitative estimate of drug-likeness (QED) is 0.752. The van der Waals surface area contributed by atoms with E-state index in [4.69, 9.17) is 11.6 Å². The van der Waals surface area contributed by atoms with E-state index in [1.807, 2.05) is 0 Å². The summed E-state index contributed by atoms with van der Waals surface area (Å²) in [5.74, 6) is -0.501. The Hall–Kier alpha value is -2.54. The molecule has 3 aromatic rings. The van der Waals surface area contributed by atoms with Gasteiger partial charge in [0.1, 0.15) is 5.65 Å². The first-order valence-electron chi connectivity index (χ1n) is 7.34. The van der Waals surface area contributed by atoms with Crippen LogP contribution in [0.25, 0.3) is 5.65 Å². The van der Waals surface area contributed by atoms with E-state index in [9.17, 15) is 18.0 Å². The second-order valence-electron chi connectivity index (χ2n) is 5.52. The number of alkyl halides is 3. The Labute approximate surface area is 146 Å². The van der Waals surface area contributed by atoms with Gasteiger partial charge in [0.05, 0.1) is 16.8 Å². The number of hydrogen-bond acceptors (Lipinski definition) is 2. The van der Waals surface area contributed by atoms with Crippen molar-refractivity contribution in [1.29, 1.82) is 0 Å². The molecule has 1 amide bonds. The molecule has 0 aliphatic heterocycles. The standard InChI is InChI=1S/C17H13ClF3N3O/c1-10-9-24-6-2-3-13(15(24)23-10)16(25)22-8-11-4-5-12(18)7-14(11)17(19,20)21/h2-7,9H,8H2,1H3,(H,22,25). The number of pyridine rings is 1. The van der Waals surface area contributed by atoms with E-state index in [1.165, 1.54) is 12.1 Å². The van der Waals surface area contributed by atoms with Crippen LogP contribution in [-0.2, 0) is 12.7 Å². The van der Waals surface area contributed by atoms with Crippen molar-refractivity contribution < 1.29 is 18.0 Å². The number of aryl methyl sites for hydroxylation is 1. The molecule has 2 heterocycles. The third-order valence-electron chi connectivity index (χ3n) is 3.66. The van der Waals surface area contributed by atoms with E-state index >= 15 is 0 Å². The third kappa shape index (κ3) is 3.61. The minimum atomic E-state index is -4.55. The van der Waals surface area contributed by atoms with Gasteiger partial charge in [-0.1, -0.05) is 17.7 Å². The maximum atomic E-state index is 13.1. The third-order valence-corrected chi connectivity index (χ3v) is 3.90. The molecule has 0 spiro atoms. The van der Waals surface area contributed by atoms with Crippen LogP contribution < -0.4 is 5.32 Å². The highest BCUT2D eigenvalue weighted by molar-refractivity contribution is 6.30. The molecule has 0 unspecified atom stereocenters. The minimum absolute atomic E-state index is 0.0139. The number of benzene rings is 1. The highest BCUT2D eigenvalue weighted by atomic mass is 35.5. The van der Waals surface area contributed by atoms with Crippen LogP contribution in [0.4, 0.5) is 13.2 Å². The van der Waals surface area contributed by atoms with Gasteiger partial charge in [0.2, 0.25) is 0 Å². The number of carbonyl (C=O) groups excluding carboxylic acids is 1. The zero-order valence-electron chi connectivity index (χ0n) is 13.1. The van der Waals surface area contributed by atoms with Crippen molar-refractivity contribution >= 4 is 23.2 Å². The van der Waals surface area contributed by atoms with Crippen LogP contribution in [0.1, 0.15) is 27.2 Å². The maximum absolute atomic E-state index is 13.1. The molecular formula is C17H13ClF3N3O. The van der Waals surface area contributed by atoms with Gasteiger partial charge < -0.3 is 9.72 Å². The largest absolute Gasteiger partial charge is 0.416 e. The number of fused-ring (bicyclic) bond motifs is 1. The maximum Gasteiger partial charge on any atom is 0.416 e. The molecule has 0 fully saturated rings. The molecule has 8 heteroatoms. The summed E-state index contributed by atoms with van der Waals surface area (Å²) in [4.78, 5) is 16.7. The Kier molecular flexibility index (Phi) is 4.43. The first-order chi connectivity index (χ1) is 11.8. The summed E-state index contributed by atoms with van der Waals surface area (Å²) in [6, 6.07) is 6.71. The molecule has 1 N–H and O–H groups in total. The van der Waals surface area contributed by atoms with Gasteiger partial charge in [0.25, 0.3) is 5.91 Å². The van der Waals surface area contributed by atoms with Gasteiger partial charge >= 0.3 is 6.18 Å². The second-order valence-corrected chi connectivity index (χ2v) is 5.95. The first kappa shape index (κ1) is 17.3. The van der Waals surface area contributed by atoms with E-state index in [-0.39, 0.29) is 22.7 Å². The van der Waals surface area contributed by atoms with Gasteiger partial charge in [0.15, 0.2) is 0 Å². The Bertz CT molecular complexity index is 950. The number of nitrogens with one attached hydrogen (secondary N) is 1. The minimum Gasteiger partial charge on any atom is -0.348 e. The van der Waals surface area contributed by atoms with E-state index < -0.39 is 17.6 Å². The smallest absolute Gasteiger partial charge is 0.348 e. The number of rotatable bonds is 3. The SMILES string of the molecule is Cc1cn2cccc(C(=O)NCc3ccc(Cl)cc3C(F)(F)F)c2n1. The van der Waals surface area contributed by atoms with Crippen molar-refractivity contribution in [2.75, 3.05) is 0 Å². The molecule has 4 nitrogen and oxygen atoms in total. The van der Waals surface area contributed by atoms with Crippen molar-refractivity contribution in [3.63, 3.8) is 0 Å². The highest BCUT2D eigenvalue weighted by Crippen LogP contribution is 2.33. The Morgan fingerprint density at radius 2 is 2.08 bits per heavy atom. The fourth-order valence-corrected chi connectivity index (χ4v) is 2.72. The molecule has 1 aromatic carbocycles. The number of aromatic nitrogens is 2. The van der Waals surface area contributed by atoms with E-state index in [1.54, 1.807) is 35.9 Å². The summed E-state index contributed by atoms with van der Waals surface area (Å²) in [6.45, 7) is 1.52. The van der Waals surface area contributed by atoms with Crippen LogP contribution in [0.5, 0.6) is 0 Å². The number of nitrogens with zero attached hydrogens (tertiary/aromatic N) is 2. The van der Waals surface area contributed by atoms with Gasteiger partial charge in [-0.2, -0.15) is 13.2 Å². The molecule has 0 saturated carbocycles. The summed E-state index contributed by atoms with van der Waals surface area (Å²) in [7, 11) is 0. The molecule has 0 saturated heterocycles. The second kappa shape index (κ2) is 6.40. The number of halogens is 4. The molecule has 0 aliphatic rings. The lowest BCUT2D eigenvalue weighted by molar-refractivity contribution is -0.138. The lowest BCUT2D eigenvalue weighted by Crippen LogP contribution is -2.25. The van der Waals surface area contributed by atoms with Crippen molar-refractivity contribution in [3.8, 4) is 0 Å². The van der Waals surface area contributed by atoms with Crippen LogP contribution in [0.2, 0.25) is 5.02 Å². The van der Waals surface area contributed by atoms with Crippen LogP contribution >= 0.6 is 11.6 Å². The van der Waals surface area contributed by atoms with Gasteiger partial charge in [0, 0.05) is 24.0 Å². The molecule has 0 radical (unpaired) electrons. The fraction of sp³-hybridized carbons (Fsp3) is 0.176. The first-order valence-corrected chi connectivity index (χ1v) is 7.71. The number of hydrogen-bond donors (Lipinski definition) is 1. The van der Waals surface area contributed by atoms with Crippen LogP contribution in [0.15, 0.2) is 42.7 Å². The Morgan fingerprint density at radius 1 is 1.32 bits per heavy atom. The number of carbonyl (C=O) groups is 1. The average Bonchev–Trinajstić information content (AvgIpc) is 2.92. The number of amides is 1. The molecule has 130 valence electrons. The highest BCUT2D eigenvalue weighted by Gasteiger charge is 2.33. The lowest BCUT2D eigenvalue weighted by Gasteiger charge is -2.14. The predicted molar refractivity (Wildman–Crippen MR) is 87.6 cm³/mol. The van der Waals surface area contributed by atoms with Crippen molar-refractivity contribution in [1.82, 2.24) is 14.7 Å². The zero-order chi connectivity index (χ0) is 18.2. The zero-order valence-corrected chi connectivity index (χ0v) is 13.8. The van der Waals surface area contributed by atoms with Crippen LogP contribution in [0.3, 0.4) is 0 Å². The molecule has 3 rings (SSSR count). The van der Waals surface area contributed by atoms with E-state index in [0.29, 0.717) is 5.65 Å². The van der Waals surface area contributed by atoms with Crippen molar-refractivity contribution in [3.05, 3.63) is 70.1 Å². The van der Waals surface area contributed by atoms with Crippen LogP contribution in [-0.4, -0.2) is 15.3 Å². The van der Waals surface area contributed by atoms with Gasteiger partial charge in [-0.05, 0) is 36.8 Å². The van der Waals surface area contributed by atoms with Gasteiger partial charge in [-0.15, -0.1) is 0 Å². The Morgan fingerprint density at radius 3 is 2.80 bits per heavy atom. The van der Waals surface area contributed by atoms with Gasteiger partial charge in [-0.25, -0.2) is 4.98 Å². The topological polar surface area (TPSA) is 46.4 Å². The monoisotopic (exact) mass is 367 g/mol. The summed E-state index contributed by atoms with van der Waals surface area (Å²) in [6.07, 6.45) is -1.05. The summed E-state index contributed by atoms with van der Waals surface area (Å²) >= 11 is 5.65.